The Morgan fingerprint density at radius 1 is 1.11 bits per heavy atom. The number of ether oxygens (including phenoxy) is 2. The predicted octanol–water partition coefficient (Wildman–Crippen LogP) is 3.97. The van der Waals surface area contributed by atoms with E-state index in [9.17, 15) is 9.35 Å². The third-order valence-electron chi connectivity index (χ3n) is 3.92. The number of anilines is 2. The lowest BCUT2D eigenvalue weighted by molar-refractivity contribution is 0.102. The monoisotopic (exact) mass is 388 g/mol. The van der Waals surface area contributed by atoms with Gasteiger partial charge in [-0.3, -0.25) is 4.79 Å². The Bertz CT molecular complexity index is 818. The highest BCUT2D eigenvalue weighted by Crippen LogP contribution is 2.34. The molecule has 0 fully saturated rings. The highest BCUT2D eigenvalue weighted by atomic mass is 32.2. The summed E-state index contributed by atoms with van der Waals surface area (Å²) in [5, 5.41) is 2.85. The fraction of sp³-hybridized carbons (Fsp3) is 0.350. The average Bonchev–Trinajstić information content (AvgIpc) is 2.61. The van der Waals surface area contributed by atoms with Gasteiger partial charge in [0.15, 0.2) is 11.5 Å². The topological polar surface area (TPSA) is 82.7 Å². The molecule has 0 aliphatic carbocycles. The van der Waals surface area contributed by atoms with E-state index >= 15 is 0 Å². The molecule has 2 atom stereocenters. The smallest absolute Gasteiger partial charge is 0.255 e. The largest absolute Gasteiger partial charge is 0.593 e. The van der Waals surface area contributed by atoms with Crippen molar-refractivity contribution < 1.29 is 18.8 Å². The van der Waals surface area contributed by atoms with Crippen LogP contribution in [0, 0.1) is 0 Å². The van der Waals surface area contributed by atoms with Crippen molar-refractivity contribution in [1.29, 1.82) is 0 Å². The molecule has 2 aromatic carbocycles. The first-order chi connectivity index (χ1) is 12.7. The second-order valence-electron chi connectivity index (χ2n) is 7.42. The highest BCUT2D eigenvalue weighted by Gasteiger charge is 2.26. The van der Waals surface area contributed by atoms with Gasteiger partial charge in [0, 0.05) is 17.3 Å². The predicted molar refractivity (Wildman–Crippen MR) is 108 cm³/mol. The Morgan fingerprint density at radius 2 is 1.78 bits per heavy atom. The number of rotatable bonds is 4. The average molecular weight is 388 g/mol. The number of amides is 1. The molecule has 7 heteroatoms. The summed E-state index contributed by atoms with van der Waals surface area (Å²) in [5.74, 6) is 1.06. The van der Waals surface area contributed by atoms with E-state index in [4.69, 9.17) is 9.47 Å². The molecule has 27 heavy (non-hydrogen) atoms. The van der Waals surface area contributed by atoms with Crippen LogP contribution < -0.4 is 19.5 Å². The molecule has 0 spiro atoms. The maximum Gasteiger partial charge on any atom is 0.255 e. The Balaban J connectivity index is 1.65. The van der Waals surface area contributed by atoms with Gasteiger partial charge >= 0.3 is 0 Å². The summed E-state index contributed by atoms with van der Waals surface area (Å²) in [6, 6.07) is 12.2. The summed E-state index contributed by atoms with van der Waals surface area (Å²) >= 11 is -1.22. The molecule has 1 aliphatic heterocycles. The molecule has 144 valence electrons. The van der Waals surface area contributed by atoms with E-state index in [0.717, 1.165) is 0 Å². The molecule has 0 saturated carbocycles. The lowest BCUT2D eigenvalue weighted by Gasteiger charge is -2.24. The summed E-state index contributed by atoms with van der Waals surface area (Å²) in [7, 11) is 0. The van der Waals surface area contributed by atoms with Crippen LogP contribution in [-0.4, -0.2) is 27.9 Å². The molecule has 2 N–H and O–H groups in total. The highest BCUT2D eigenvalue weighted by molar-refractivity contribution is 7.94. The van der Waals surface area contributed by atoms with Crippen molar-refractivity contribution >= 4 is 28.6 Å². The summed E-state index contributed by atoms with van der Waals surface area (Å²) in [5.41, 5.74) is 1.84. The Kier molecular flexibility index (Phi) is 5.53. The van der Waals surface area contributed by atoms with Crippen molar-refractivity contribution in [3.8, 4) is 11.5 Å². The Morgan fingerprint density at radius 3 is 2.44 bits per heavy atom. The van der Waals surface area contributed by atoms with Crippen molar-refractivity contribution in [3.05, 3.63) is 48.0 Å². The van der Waals surface area contributed by atoms with Gasteiger partial charge < -0.3 is 19.3 Å². The third kappa shape index (κ3) is 4.87. The first-order valence-electron chi connectivity index (χ1n) is 8.76. The maximum atomic E-state index is 12.5. The number of nitrogens with one attached hydrogen (secondary N) is 2. The first kappa shape index (κ1) is 19.4. The van der Waals surface area contributed by atoms with Crippen molar-refractivity contribution in [2.75, 3.05) is 16.6 Å². The minimum atomic E-state index is -1.22. The Labute approximate surface area is 162 Å². The summed E-state index contributed by atoms with van der Waals surface area (Å²) in [6.45, 7) is 8.12. The van der Waals surface area contributed by atoms with Gasteiger partial charge in [-0.1, -0.05) is 0 Å². The minimum absolute atomic E-state index is 0.0258. The fourth-order valence-electron chi connectivity index (χ4n) is 2.41. The lowest BCUT2D eigenvalue weighted by atomic mass is 10.2. The van der Waals surface area contributed by atoms with Crippen molar-refractivity contribution in [2.24, 2.45) is 0 Å². The standard InChI is InChI=1S/C20H24N2O4S/c1-13-12-25-17-10-9-16(11-18(17)26-13)21-19(23)14-5-7-15(8-6-14)22-27(24)20(2,3)4/h5-11,13,22H,12H2,1-4H3,(H,21,23). The lowest BCUT2D eigenvalue weighted by Crippen LogP contribution is -2.33. The van der Waals surface area contributed by atoms with Crippen LogP contribution in [-0.2, 0) is 11.4 Å². The van der Waals surface area contributed by atoms with E-state index in [1.165, 1.54) is 0 Å². The number of hydrogen-bond acceptors (Lipinski definition) is 5. The van der Waals surface area contributed by atoms with Gasteiger partial charge in [0.25, 0.3) is 5.91 Å². The molecular weight excluding hydrogens is 364 g/mol. The number of fused-ring (bicyclic) bond motifs is 1. The van der Waals surface area contributed by atoms with Gasteiger partial charge in [-0.2, -0.15) is 0 Å². The van der Waals surface area contributed by atoms with Gasteiger partial charge in [-0.15, -0.1) is 0 Å². The molecule has 0 radical (unpaired) electrons. The van der Waals surface area contributed by atoms with E-state index in [2.05, 4.69) is 10.0 Å². The second kappa shape index (κ2) is 7.70. The Hall–Kier alpha value is -2.38. The molecule has 2 unspecified atom stereocenters. The van der Waals surface area contributed by atoms with Crippen LogP contribution in [0.25, 0.3) is 0 Å². The van der Waals surface area contributed by atoms with Crippen LogP contribution in [0.15, 0.2) is 42.5 Å². The van der Waals surface area contributed by atoms with E-state index in [0.29, 0.717) is 35.0 Å². The van der Waals surface area contributed by atoms with Crippen LogP contribution in [0.5, 0.6) is 11.5 Å². The zero-order chi connectivity index (χ0) is 19.6. The summed E-state index contributed by atoms with van der Waals surface area (Å²) in [4.78, 5) is 12.5. The fourth-order valence-corrected chi connectivity index (χ4v) is 3.06. The maximum absolute atomic E-state index is 12.5. The van der Waals surface area contributed by atoms with Gasteiger partial charge in [-0.05, 0) is 64.1 Å². The molecule has 3 rings (SSSR count). The molecule has 2 aromatic rings. The third-order valence-corrected chi connectivity index (χ3v) is 5.45. The quantitative estimate of drug-likeness (QED) is 0.775. The van der Waals surface area contributed by atoms with Crippen molar-refractivity contribution in [2.45, 2.75) is 38.5 Å². The molecule has 0 bridgehead atoms. The first-order valence-corrected chi connectivity index (χ1v) is 9.91. The van der Waals surface area contributed by atoms with E-state index in [1.807, 2.05) is 27.7 Å². The van der Waals surface area contributed by atoms with E-state index in [-0.39, 0.29) is 16.8 Å². The molecular formula is C20H24N2O4S. The van der Waals surface area contributed by atoms with Gasteiger partial charge in [0.1, 0.15) is 17.5 Å². The van der Waals surface area contributed by atoms with Gasteiger partial charge in [0.2, 0.25) is 0 Å². The van der Waals surface area contributed by atoms with Crippen LogP contribution >= 0.6 is 0 Å². The van der Waals surface area contributed by atoms with Crippen LogP contribution in [0.4, 0.5) is 11.4 Å². The van der Waals surface area contributed by atoms with Gasteiger partial charge in [0.05, 0.1) is 17.0 Å². The van der Waals surface area contributed by atoms with Crippen molar-refractivity contribution in [3.63, 3.8) is 0 Å². The summed E-state index contributed by atoms with van der Waals surface area (Å²) in [6.07, 6.45) is -0.0258. The second-order valence-corrected chi connectivity index (χ2v) is 9.38. The van der Waals surface area contributed by atoms with E-state index in [1.54, 1.807) is 42.5 Å². The van der Waals surface area contributed by atoms with E-state index < -0.39 is 11.4 Å². The normalized spacial score (nSPS) is 17.1. The molecule has 6 nitrogen and oxygen atoms in total. The molecule has 1 aliphatic rings. The van der Waals surface area contributed by atoms with Crippen LogP contribution in [0.1, 0.15) is 38.1 Å². The molecule has 1 amide bonds. The zero-order valence-electron chi connectivity index (χ0n) is 15.9. The van der Waals surface area contributed by atoms with Gasteiger partial charge in [-0.25, -0.2) is 4.72 Å². The number of benzene rings is 2. The minimum Gasteiger partial charge on any atom is -0.593 e. The zero-order valence-corrected chi connectivity index (χ0v) is 16.7. The SMILES string of the molecule is CC1COc2ccc(NC(=O)c3ccc(N[S+]([O-])C(C)(C)C)cc3)cc2O1. The number of carbonyl (C=O) groups excluding carboxylic acids is 1. The molecule has 0 aromatic heterocycles. The molecule has 1 heterocycles. The van der Waals surface area contributed by atoms with Crippen molar-refractivity contribution in [1.82, 2.24) is 0 Å². The number of carbonyl (C=O) groups is 1. The number of hydrogen-bond donors (Lipinski definition) is 2. The van der Waals surface area contributed by atoms with Crippen LogP contribution in [0.2, 0.25) is 0 Å². The summed E-state index contributed by atoms with van der Waals surface area (Å²) < 4.78 is 26.0. The van der Waals surface area contributed by atoms with Crippen LogP contribution in [0.3, 0.4) is 0 Å². The molecule has 0 saturated heterocycles.